The maximum Gasteiger partial charge on any atom is 0.263 e. The molecule has 230 valence electrons. The average Bonchev–Trinajstić information content (AvgIpc) is 3.39. The van der Waals surface area contributed by atoms with E-state index in [1.54, 1.807) is 0 Å². The summed E-state index contributed by atoms with van der Waals surface area (Å²) < 4.78 is 12.8. The summed E-state index contributed by atoms with van der Waals surface area (Å²) in [5, 5.41) is 10.2. The number of amides is 2. The number of likely N-dealkylation sites (tertiary alicyclic amines) is 1. The molecule has 0 aromatic rings. The molecule has 1 spiro atoms. The summed E-state index contributed by atoms with van der Waals surface area (Å²) in [6.07, 6.45) is 14.9. The molecule has 2 unspecified atom stereocenters. The van der Waals surface area contributed by atoms with Gasteiger partial charge in [0.15, 0.2) is 5.60 Å². The monoisotopic (exact) mass is 586 g/mol. The van der Waals surface area contributed by atoms with Crippen molar-refractivity contribution in [3.8, 4) is 0 Å². The molecule has 8 heteroatoms. The van der Waals surface area contributed by atoms with Crippen molar-refractivity contribution in [2.75, 3.05) is 26.8 Å². The largest absolute Gasteiger partial charge is 0.396 e. The molecule has 7 nitrogen and oxygen atoms in total. The molecule has 0 bridgehead atoms. The summed E-state index contributed by atoms with van der Waals surface area (Å²) in [6, 6.07) is 0.349. The molecular weight excluding hydrogens is 532 g/mol. The van der Waals surface area contributed by atoms with Crippen LogP contribution >= 0.6 is 0 Å². The third kappa shape index (κ3) is 4.97. The first-order valence-corrected chi connectivity index (χ1v) is 20.0. The van der Waals surface area contributed by atoms with Crippen molar-refractivity contribution < 1.29 is 24.2 Å². The van der Waals surface area contributed by atoms with Crippen molar-refractivity contribution in [2.24, 2.45) is 11.8 Å². The zero-order valence-electron chi connectivity index (χ0n) is 26.0. The number of nitrogens with zero attached hydrogens (tertiary/aromatic N) is 2. The van der Waals surface area contributed by atoms with Crippen molar-refractivity contribution in [3.05, 3.63) is 11.3 Å². The summed E-state index contributed by atoms with van der Waals surface area (Å²) in [5.41, 5.74) is 2.73. The molecular formula is C33H54N2O5Si. The molecule has 3 aliphatic carbocycles. The van der Waals surface area contributed by atoms with E-state index in [4.69, 9.17) is 9.47 Å². The highest BCUT2D eigenvalue weighted by Gasteiger charge is 2.67. The van der Waals surface area contributed by atoms with Crippen molar-refractivity contribution in [2.45, 2.75) is 145 Å². The Kier molecular flexibility index (Phi) is 8.51. The van der Waals surface area contributed by atoms with Gasteiger partial charge in [0.05, 0.1) is 20.3 Å². The molecule has 41 heavy (non-hydrogen) atoms. The van der Waals surface area contributed by atoms with Crippen LogP contribution < -0.4 is 0 Å². The molecule has 0 aromatic carbocycles. The van der Waals surface area contributed by atoms with Gasteiger partial charge in [-0.3, -0.25) is 9.59 Å². The molecule has 2 amide bonds. The van der Waals surface area contributed by atoms with Gasteiger partial charge >= 0.3 is 0 Å². The highest BCUT2D eigenvalue weighted by molar-refractivity contribution is 6.80. The maximum absolute atomic E-state index is 14.8. The van der Waals surface area contributed by atoms with Crippen molar-refractivity contribution >= 4 is 19.9 Å². The van der Waals surface area contributed by atoms with Gasteiger partial charge in [0.25, 0.3) is 5.91 Å². The van der Waals surface area contributed by atoms with E-state index in [2.05, 4.69) is 29.8 Å². The Hall–Kier alpha value is -1.22. The average molecular weight is 587 g/mol. The third-order valence-electron chi connectivity index (χ3n) is 12.5. The van der Waals surface area contributed by atoms with E-state index in [1.807, 2.05) is 7.11 Å². The number of fused-ring (bicyclic) bond motifs is 1. The third-order valence-corrected chi connectivity index (χ3v) is 17.8. The Balaban J connectivity index is 1.27. The SMILES string of the molecule is COC1CCC([Si](C)(C)[C@H]2[C@H](CCO)O[C@@]3(C(=O)N(CC4CCCC(N5CCC5=O)C4)C4=C3CCCC4)[C@@H]2C)CC1. The standard InChI is InChI=1S/C33H54N2O5Si/c1-22-31(41(3,4)26-14-12-25(39-2)13-15-26)29(17-19-36)40-33(22)27-10-5-6-11-28(27)35(32(33)38)21-23-8-7-9-24(20-23)34-18-16-30(34)37/h22-26,29,31,36H,5-21H2,1-4H3/t22-,23?,24?,25?,26?,29+,31-,33+/m1/s1. The van der Waals surface area contributed by atoms with Crippen LogP contribution in [0.3, 0.4) is 0 Å². The van der Waals surface area contributed by atoms with Gasteiger partial charge in [-0.2, -0.15) is 0 Å². The smallest absolute Gasteiger partial charge is 0.263 e. The first-order valence-electron chi connectivity index (χ1n) is 16.9. The van der Waals surface area contributed by atoms with Gasteiger partial charge in [-0.05, 0) is 86.8 Å². The highest BCUT2D eigenvalue weighted by Crippen LogP contribution is 2.61. The lowest BCUT2D eigenvalue weighted by Crippen LogP contribution is -2.53. The van der Waals surface area contributed by atoms with E-state index in [1.165, 1.54) is 24.1 Å². The minimum Gasteiger partial charge on any atom is -0.396 e. The Morgan fingerprint density at radius 1 is 1.02 bits per heavy atom. The molecule has 1 N–H and O–H groups in total. The number of β-lactam (4-membered cyclic amide) rings is 1. The first-order chi connectivity index (χ1) is 19.7. The molecule has 6 rings (SSSR count). The van der Waals surface area contributed by atoms with Gasteiger partial charge in [-0.1, -0.05) is 39.3 Å². The Bertz CT molecular complexity index is 1040. The second-order valence-corrected chi connectivity index (χ2v) is 19.9. The van der Waals surface area contributed by atoms with Crippen LogP contribution in [0.5, 0.6) is 0 Å². The Morgan fingerprint density at radius 2 is 1.78 bits per heavy atom. The van der Waals surface area contributed by atoms with Gasteiger partial charge in [-0.25, -0.2) is 0 Å². The number of ether oxygens (including phenoxy) is 2. The van der Waals surface area contributed by atoms with Crippen LogP contribution in [0.25, 0.3) is 0 Å². The van der Waals surface area contributed by atoms with Gasteiger partial charge in [0.1, 0.15) is 0 Å². The number of rotatable bonds is 8. The fourth-order valence-electron chi connectivity index (χ4n) is 10.3. The zero-order chi connectivity index (χ0) is 28.9. The minimum atomic E-state index is -1.87. The van der Waals surface area contributed by atoms with E-state index in [9.17, 15) is 14.7 Å². The number of hydrogen-bond donors (Lipinski definition) is 1. The van der Waals surface area contributed by atoms with E-state index in [0.717, 1.165) is 77.3 Å². The lowest BCUT2D eigenvalue weighted by molar-refractivity contribution is -0.151. The van der Waals surface area contributed by atoms with Crippen LogP contribution in [0.2, 0.25) is 24.2 Å². The summed E-state index contributed by atoms with van der Waals surface area (Å²) >= 11 is 0. The number of aliphatic hydroxyl groups is 1. The number of methoxy groups -OCH3 is 1. The Labute approximate surface area is 248 Å². The summed E-state index contributed by atoms with van der Waals surface area (Å²) in [6.45, 7) is 9.20. The van der Waals surface area contributed by atoms with Gasteiger partial charge in [0, 0.05) is 50.9 Å². The van der Waals surface area contributed by atoms with Crippen LogP contribution in [0.4, 0.5) is 0 Å². The van der Waals surface area contributed by atoms with Crippen LogP contribution in [0.15, 0.2) is 11.3 Å². The summed E-state index contributed by atoms with van der Waals surface area (Å²) in [5.74, 6) is 1.05. The fourth-order valence-corrected chi connectivity index (χ4v) is 15.4. The molecule has 6 aliphatic rings. The van der Waals surface area contributed by atoms with Crippen LogP contribution in [0, 0.1) is 11.8 Å². The lowest BCUT2D eigenvalue weighted by Gasteiger charge is -2.45. The first kappa shape index (κ1) is 29.8. The zero-order valence-corrected chi connectivity index (χ0v) is 27.0. The van der Waals surface area contributed by atoms with Crippen LogP contribution in [-0.4, -0.2) is 85.5 Å². The van der Waals surface area contributed by atoms with Crippen molar-refractivity contribution in [1.82, 2.24) is 9.80 Å². The highest BCUT2D eigenvalue weighted by atomic mass is 28.3. The quantitative estimate of drug-likeness (QED) is 0.294. The van der Waals surface area contributed by atoms with Crippen molar-refractivity contribution in [1.29, 1.82) is 0 Å². The predicted octanol–water partition coefficient (Wildman–Crippen LogP) is 5.64. The number of carbonyl (C=O) groups excluding carboxylic acids is 2. The second-order valence-electron chi connectivity index (χ2n) is 14.8. The number of allylic oxidation sites excluding steroid dienone is 1. The van der Waals surface area contributed by atoms with Gasteiger partial charge < -0.3 is 24.4 Å². The van der Waals surface area contributed by atoms with Crippen molar-refractivity contribution in [3.63, 3.8) is 0 Å². The normalized spacial score (nSPS) is 40.0. The topological polar surface area (TPSA) is 79.3 Å². The summed E-state index contributed by atoms with van der Waals surface area (Å²) in [7, 11) is -0.0282. The molecule has 2 saturated heterocycles. The molecule has 6 atom stereocenters. The predicted molar refractivity (Wildman–Crippen MR) is 162 cm³/mol. The fraction of sp³-hybridized carbons (Fsp3) is 0.879. The van der Waals surface area contributed by atoms with E-state index in [-0.39, 0.29) is 24.5 Å². The Morgan fingerprint density at radius 3 is 2.44 bits per heavy atom. The van der Waals surface area contributed by atoms with E-state index < -0.39 is 13.7 Å². The number of hydrogen-bond acceptors (Lipinski definition) is 5. The lowest BCUT2D eigenvalue weighted by atomic mass is 9.78. The second kappa shape index (κ2) is 11.7. The molecule has 0 aromatic heterocycles. The molecule has 4 fully saturated rings. The van der Waals surface area contributed by atoms with E-state index in [0.29, 0.717) is 47.9 Å². The van der Waals surface area contributed by atoms with Crippen LogP contribution in [0.1, 0.15) is 96.8 Å². The summed E-state index contributed by atoms with van der Waals surface area (Å²) in [4.78, 5) is 31.3. The maximum atomic E-state index is 14.8. The molecule has 3 aliphatic heterocycles. The van der Waals surface area contributed by atoms with Crippen LogP contribution in [-0.2, 0) is 19.1 Å². The molecule has 2 saturated carbocycles. The van der Waals surface area contributed by atoms with E-state index >= 15 is 0 Å². The molecule has 3 heterocycles. The van der Waals surface area contributed by atoms with Gasteiger partial charge in [0.2, 0.25) is 5.91 Å². The number of carbonyl (C=O) groups is 2. The minimum absolute atomic E-state index is 0.0621. The molecule has 0 radical (unpaired) electrons. The number of aliphatic hydroxyl groups excluding tert-OH is 1. The van der Waals surface area contributed by atoms with Gasteiger partial charge in [-0.15, -0.1) is 0 Å².